The number of nitrogens with zero attached hydrogens (tertiary/aromatic N) is 3. The molecule has 1 atom stereocenters. The molecule has 0 amide bonds. The monoisotopic (exact) mass is 351 g/mol. The van der Waals surface area contributed by atoms with Crippen LogP contribution in [0.1, 0.15) is 44.0 Å². The van der Waals surface area contributed by atoms with Gasteiger partial charge in [-0.2, -0.15) is 0 Å². The van der Waals surface area contributed by atoms with Crippen LogP contribution in [0.5, 0.6) is 0 Å². The van der Waals surface area contributed by atoms with Gasteiger partial charge in [0, 0.05) is 31.5 Å². The fourth-order valence-electron chi connectivity index (χ4n) is 3.23. The van der Waals surface area contributed by atoms with Crippen LogP contribution in [0.15, 0.2) is 53.7 Å². The highest BCUT2D eigenvalue weighted by Crippen LogP contribution is 2.23. The molecule has 138 valence electrons. The maximum atomic E-state index is 4.67. The number of aliphatic imine (C=N–C) groups is 1. The fourth-order valence-corrected chi connectivity index (χ4v) is 3.23. The van der Waals surface area contributed by atoms with Crippen molar-refractivity contribution in [2.45, 2.75) is 39.3 Å². The van der Waals surface area contributed by atoms with E-state index >= 15 is 0 Å². The minimum atomic E-state index is 0.180. The zero-order valence-corrected chi connectivity index (χ0v) is 15.8. The van der Waals surface area contributed by atoms with Gasteiger partial charge in [-0.15, -0.1) is 0 Å². The van der Waals surface area contributed by atoms with Crippen molar-refractivity contribution >= 4 is 11.6 Å². The summed E-state index contributed by atoms with van der Waals surface area (Å²) >= 11 is 0. The molecule has 2 heterocycles. The van der Waals surface area contributed by atoms with E-state index < -0.39 is 0 Å². The van der Waals surface area contributed by atoms with E-state index in [1.54, 1.807) is 6.20 Å². The number of hydrogen-bond donors (Lipinski definition) is 2. The molecule has 0 saturated carbocycles. The molecule has 1 aromatic carbocycles. The SMILES string of the molecule is CCNC(=NCc1ccccn1)NC(C)c1cccc(N2CCCC2)c1. The van der Waals surface area contributed by atoms with Crippen molar-refractivity contribution in [1.29, 1.82) is 0 Å². The van der Waals surface area contributed by atoms with Crippen molar-refractivity contribution in [2.75, 3.05) is 24.5 Å². The second kappa shape index (κ2) is 9.22. The van der Waals surface area contributed by atoms with Gasteiger partial charge in [-0.1, -0.05) is 18.2 Å². The van der Waals surface area contributed by atoms with Gasteiger partial charge in [0.2, 0.25) is 0 Å². The van der Waals surface area contributed by atoms with Crippen LogP contribution in [-0.4, -0.2) is 30.6 Å². The van der Waals surface area contributed by atoms with Gasteiger partial charge in [0.05, 0.1) is 18.3 Å². The number of rotatable bonds is 6. The normalized spacial score (nSPS) is 15.8. The minimum absolute atomic E-state index is 0.180. The number of guanidine groups is 1. The maximum Gasteiger partial charge on any atom is 0.192 e. The molecular weight excluding hydrogens is 322 g/mol. The summed E-state index contributed by atoms with van der Waals surface area (Å²) in [6.45, 7) is 7.98. The number of benzene rings is 1. The highest BCUT2D eigenvalue weighted by atomic mass is 15.2. The van der Waals surface area contributed by atoms with Gasteiger partial charge in [0.15, 0.2) is 5.96 Å². The van der Waals surface area contributed by atoms with Gasteiger partial charge in [-0.3, -0.25) is 4.98 Å². The Hall–Kier alpha value is -2.56. The van der Waals surface area contributed by atoms with Gasteiger partial charge in [0.1, 0.15) is 0 Å². The first-order chi connectivity index (χ1) is 12.8. The number of pyridine rings is 1. The lowest BCUT2D eigenvalue weighted by molar-refractivity contribution is 0.685. The third kappa shape index (κ3) is 4.97. The predicted octanol–water partition coefficient (Wildman–Crippen LogP) is 3.50. The maximum absolute atomic E-state index is 4.67. The van der Waals surface area contributed by atoms with E-state index in [1.165, 1.54) is 37.2 Å². The molecule has 0 aliphatic carbocycles. The molecule has 5 heteroatoms. The van der Waals surface area contributed by atoms with Gasteiger partial charge in [-0.05, 0) is 56.5 Å². The number of aromatic nitrogens is 1. The Balaban J connectivity index is 1.67. The van der Waals surface area contributed by atoms with E-state index in [-0.39, 0.29) is 6.04 Å². The Kier molecular flexibility index (Phi) is 6.47. The first-order valence-corrected chi connectivity index (χ1v) is 9.56. The van der Waals surface area contributed by atoms with Gasteiger partial charge < -0.3 is 15.5 Å². The van der Waals surface area contributed by atoms with Gasteiger partial charge in [-0.25, -0.2) is 4.99 Å². The van der Waals surface area contributed by atoms with Crippen LogP contribution in [0, 0.1) is 0 Å². The summed E-state index contributed by atoms with van der Waals surface area (Å²) in [6.07, 6.45) is 4.39. The third-order valence-corrected chi connectivity index (χ3v) is 4.66. The van der Waals surface area contributed by atoms with Crippen molar-refractivity contribution in [3.8, 4) is 0 Å². The van der Waals surface area contributed by atoms with Crippen LogP contribution in [0.25, 0.3) is 0 Å². The fraction of sp³-hybridized carbons (Fsp3) is 0.429. The zero-order valence-electron chi connectivity index (χ0n) is 15.8. The molecule has 0 spiro atoms. The van der Waals surface area contributed by atoms with Crippen molar-refractivity contribution in [3.05, 3.63) is 59.9 Å². The Morgan fingerprint density at radius 2 is 2.04 bits per heavy atom. The van der Waals surface area contributed by atoms with E-state index in [1.807, 2.05) is 18.2 Å². The number of hydrogen-bond acceptors (Lipinski definition) is 3. The van der Waals surface area contributed by atoms with Crippen molar-refractivity contribution in [2.24, 2.45) is 4.99 Å². The van der Waals surface area contributed by atoms with Crippen LogP contribution < -0.4 is 15.5 Å². The highest BCUT2D eigenvalue weighted by molar-refractivity contribution is 5.80. The molecule has 0 bridgehead atoms. The summed E-state index contributed by atoms with van der Waals surface area (Å²) in [5, 5.41) is 6.84. The second-order valence-corrected chi connectivity index (χ2v) is 6.67. The van der Waals surface area contributed by atoms with E-state index in [2.05, 4.69) is 63.6 Å². The molecule has 26 heavy (non-hydrogen) atoms. The van der Waals surface area contributed by atoms with Crippen LogP contribution in [0.3, 0.4) is 0 Å². The quantitative estimate of drug-likeness (QED) is 0.618. The lowest BCUT2D eigenvalue weighted by atomic mass is 10.1. The summed E-state index contributed by atoms with van der Waals surface area (Å²) in [4.78, 5) is 11.5. The lowest BCUT2D eigenvalue weighted by Gasteiger charge is -2.22. The average molecular weight is 351 g/mol. The average Bonchev–Trinajstić information content (AvgIpc) is 3.22. The van der Waals surface area contributed by atoms with Crippen molar-refractivity contribution in [1.82, 2.24) is 15.6 Å². The molecule has 1 fully saturated rings. The highest BCUT2D eigenvalue weighted by Gasteiger charge is 2.14. The van der Waals surface area contributed by atoms with Crippen LogP contribution >= 0.6 is 0 Å². The summed E-state index contributed by atoms with van der Waals surface area (Å²) < 4.78 is 0. The van der Waals surface area contributed by atoms with E-state index in [0.717, 1.165) is 18.2 Å². The van der Waals surface area contributed by atoms with E-state index in [0.29, 0.717) is 6.54 Å². The van der Waals surface area contributed by atoms with E-state index in [9.17, 15) is 0 Å². The largest absolute Gasteiger partial charge is 0.372 e. The second-order valence-electron chi connectivity index (χ2n) is 6.67. The first kappa shape index (κ1) is 18.2. The molecule has 2 N–H and O–H groups in total. The molecule has 2 aromatic rings. The Bertz CT molecular complexity index is 707. The van der Waals surface area contributed by atoms with Crippen molar-refractivity contribution < 1.29 is 0 Å². The standard InChI is InChI=1S/C21H29N5/c1-3-22-21(24-16-19-10-4-5-12-23-19)25-17(2)18-9-8-11-20(15-18)26-13-6-7-14-26/h4-5,8-12,15,17H,3,6-7,13-14,16H2,1-2H3,(H2,22,24,25). The van der Waals surface area contributed by atoms with E-state index in [4.69, 9.17) is 0 Å². The first-order valence-electron chi connectivity index (χ1n) is 9.56. The topological polar surface area (TPSA) is 52.6 Å². The number of nitrogens with one attached hydrogen (secondary N) is 2. The van der Waals surface area contributed by atoms with Gasteiger partial charge in [0.25, 0.3) is 0 Å². The Morgan fingerprint density at radius 3 is 2.77 bits per heavy atom. The molecule has 1 saturated heterocycles. The summed E-state index contributed by atoms with van der Waals surface area (Å²) in [7, 11) is 0. The minimum Gasteiger partial charge on any atom is -0.372 e. The summed E-state index contributed by atoms with van der Waals surface area (Å²) in [5.74, 6) is 0.817. The predicted molar refractivity (Wildman–Crippen MR) is 108 cm³/mol. The molecule has 1 aromatic heterocycles. The lowest BCUT2D eigenvalue weighted by Crippen LogP contribution is -2.38. The molecule has 0 radical (unpaired) electrons. The van der Waals surface area contributed by atoms with Crippen LogP contribution in [0.4, 0.5) is 5.69 Å². The smallest absolute Gasteiger partial charge is 0.192 e. The molecule has 5 nitrogen and oxygen atoms in total. The molecular formula is C21H29N5. The molecule has 1 unspecified atom stereocenters. The zero-order chi connectivity index (χ0) is 18.2. The summed E-state index contributed by atoms with van der Waals surface area (Å²) in [6, 6.07) is 14.9. The summed E-state index contributed by atoms with van der Waals surface area (Å²) in [5.41, 5.74) is 3.57. The molecule has 3 rings (SSSR count). The Morgan fingerprint density at radius 1 is 1.19 bits per heavy atom. The van der Waals surface area contributed by atoms with Crippen molar-refractivity contribution in [3.63, 3.8) is 0 Å². The molecule has 1 aliphatic heterocycles. The van der Waals surface area contributed by atoms with Crippen LogP contribution in [0.2, 0.25) is 0 Å². The number of anilines is 1. The van der Waals surface area contributed by atoms with Crippen LogP contribution in [-0.2, 0) is 6.54 Å². The molecule has 1 aliphatic rings. The van der Waals surface area contributed by atoms with Gasteiger partial charge >= 0.3 is 0 Å². The Labute approximate surface area is 156 Å². The third-order valence-electron chi connectivity index (χ3n) is 4.66.